The fourth-order valence-corrected chi connectivity index (χ4v) is 5.07. The summed E-state index contributed by atoms with van der Waals surface area (Å²) in [5.74, 6) is 0.733. The van der Waals surface area contributed by atoms with E-state index in [1.54, 1.807) is 42.3 Å². The number of aryl methyl sites for hydroxylation is 1. The predicted octanol–water partition coefficient (Wildman–Crippen LogP) is 4.18. The molecule has 2 heterocycles. The lowest BCUT2D eigenvalue weighted by Gasteiger charge is -2.12. The SMILES string of the molecule is Cc1noc(NS(=O)(=O)c2ccccc2-c2ccc(C3=NI=CO3)cc2)c1C. The minimum Gasteiger partial charge on any atom is -0.438 e. The fraction of sp³-hybridized carbons (Fsp3) is 0.105. The van der Waals surface area contributed by atoms with Crippen LogP contribution in [0.5, 0.6) is 0 Å². The molecule has 9 heteroatoms. The number of rotatable bonds is 5. The van der Waals surface area contributed by atoms with Gasteiger partial charge in [-0.3, -0.25) is 0 Å². The van der Waals surface area contributed by atoms with E-state index in [9.17, 15) is 8.42 Å². The van der Waals surface area contributed by atoms with Crippen LogP contribution < -0.4 is 4.72 Å². The first-order chi connectivity index (χ1) is 13.5. The number of benzene rings is 2. The number of hydrogen-bond donors (Lipinski definition) is 1. The van der Waals surface area contributed by atoms with Gasteiger partial charge in [-0.05, 0) is 37.6 Å². The molecule has 0 saturated carbocycles. The molecule has 1 N–H and O–H groups in total. The average molecular weight is 509 g/mol. The van der Waals surface area contributed by atoms with Crippen molar-refractivity contribution in [2.45, 2.75) is 18.7 Å². The lowest BCUT2D eigenvalue weighted by atomic mass is 10.0. The Balaban J connectivity index is 1.69. The number of hydrogen-bond acceptors (Lipinski definition) is 6. The minimum atomic E-state index is -3.86. The highest BCUT2D eigenvalue weighted by atomic mass is 127. The van der Waals surface area contributed by atoms with Crippen molar-refractivity contribution in [3.8, 4) is 11.1 Å². The van der Waals surface area contributed by atoms with E-state index in [0.29, 0.717) is 22.7 Å². The summed E-state index contributed by atoms with van der Waals surface area (Å²) >= 11 is -0.384. The molecular weight excluding hydrogens is 493 g/mol. The number of aromatic nitrogens is 1. The van der Waals surface area contributed by atoms with Gasteiger partial charge in [0, 0.05) is 16.7 Å². The molecule has 1 aliphatic heterocycles. The van der Waals surface area contributed by atoms with E-state index in [4.69, 9.17) is 9.26 Å². The third-order valence-corrected chi connectivity index (χ3v) is 6.91. The molecule has 0 aliphatic carbocycles. The van der Waals surface area contributed by atoms with Crippen molar-refractivity contribution < 1.29 is 17.7 Å². The normalized spacial score (nSPS) is 13.6. The Kier molecular flexibility index (Phi) is 5.02. The summed E-state index contributed by atoms with van der Waals surface area (Å²) in [5.41, 5.74) is 3.51. The largest absolute Gasteiger partial charge is 0.438 e. The highest BCUT2D eigenvalue weighted by Gasteiger charge is 2.22. The molecule has 28 heavy (non-hydrogen) atoms. The van der Waals surface area contributed by atoms with Crippen LogP contribution in [0.3, 0.4) is 0 Å². The Labute approximate surface area is 172 Å². The summed E-state index contributed by atoms with van der Waals surface area (Å²) in [6.07, 6.45) is 0. The number of anilines is 1. The Hall–Kier alpha value is -2.53. The molecule has 1 aliphatic rings. The first kappa shape index (κ1) is 18.8. The smallest absolute Gasteiger partial charge is 0.264 e. The fourth-order valence-electron chi connectivity index (χ4n) is 2.68. The van der Waals surface area contributed by atoms with Gasteiger partial charge in [-0.25, -0.2) is 13.1 Å². The monoisotopic (exact) mass is 509 g/mol. The van der Waals surface area contributed by atoms with Crippen LogP contribution in [0.2, 0.25) is 0 Å². The van der Waals surface area contributed by atoms with E-state index in [2.05, 4.69) is 13.1 Å². The average Bonchev–Trinajstić information content (AvgIpc) is 3.34. The van der Waals surface area contributed by atoms with Crippen LogP contribution in [0.1, 0.15) is 16.8 Å². The van der Waals surface area contributed by atoms with Crippen molar-refractivity contribution in [1.29, 1.82) is 0 Å². The Morgan fingerprint density at radius 3 is 2.36 bits per heavy atom. The summed E-state index contributed by atoms with van der Waals surface area (Å²) < 4.78 is 45.1. The first-order valence-electron chi connectivity index (χ1n) is 8.30. The van der Waals surface area contributed by atoms with Gasteiger partial charge in [0.25, 0.3) is 10.0 Å². The number of nitrogens with one attached hydrogen (secondary N) is 1. The molecule has 0 atom stereocenters. The number of nitrogens with zero attached hydrogens (tertiary/aromatic N) is 2. The molecule has 0 bridgehead atoms. The van der Waals surface area contributed by atoms with Crippen LogP contribution in [-0.2, 0) is 14.8 Å². The molecule has 0 radical (unpaired) electrons. The van der Waals surface area contributed by atoms with Gasteiger partial charge in [0.1, 0.15) is 4.20 Å². The molecule has 3 aromatic rings. The molecule has 0 amide bonds. The van der Waals surface area contributed by atoms with Gasteiger partial charge in [-0.2, -0.15) is 3.21 Å². The molecular formula is C19H16IN3O4S. The standard InChI is InChI=1S/C19H16IN3O4S/c1-12-13(2)22-27-18(12)23-28(24,25)17-6-4-3-5-16(17)14-7-9-15(10-8-14)19-21-20-11-26-19/h3-11,23H,1-2H3. The van der Waals surface area contributed by atoms with Crippen LogP contribution in [0.4, 0.5) is 5.88 Å². The number of sulfonamides is 1. The van der Waals surface area contributed by atoms with Gasteiger partial charge >= 0.3 is 0 Å². The van der Waals surface area contributed by atoms with Gasteiger partial charge in [-0.15, -0.1) is 0 Å². The van der Waals surface area contributed by atoms with Crippen LogP contribution in [0.25, 0.3) is 11.1 Å². The zero-order valence-corrected chi connectivity index (χ0v) is 18.0. The van der Waals surface area contributed by atoms with Gasteiger partial charge < -0.3 is 9.26 Å². The van der Waals surface area contributed by atoms with Gasteiger partial charge in [0.2, 0.25) is 11.8 Å². The third-order valence-electron chi connectivity index (χ3n) is 4.33. The topological polar surface area (TPSA) is 93.8 Å². The summed E-state index contributed by atoms with van der Waals surface area (Å²) in [6.45, 7) is 3.51. The molecule has 0 saturated heterocycles. The second-order valence-electron chi connectivity index (χ2n) is 6.10. The zero-order valence-electron chi connectivity index (χ0n) is 15.0. The minimum absolute atomic E-state index is 0.124. The molecule has 4 rings (SSSR count). The Bertz CT molecular complexity index is 1200. The van der Waals surface area contributed by atoms with Crippen molar-refractivity contribution in [3.05, 3.63) is 65.4 Å². The predicted molar refractivity (Wildman–Crippen MR) is 116 cm³/mol. The van der Waals surface area contributed by atoms with E-state index < -0.39 is 10.0 Å². The molecule has 0 unspecified atom stereocenters. The van der Waals surface area contributed by atoms with Crippen molar-refractivity contribution >= 4 is 47.0 Å². The Morgan fingerprint density at radius 1 is 1.00 bits per heavy atom. The van der Waals surface area contributed by atoms with Crippen LogP contribution in [-0.4, -0.2) is 23.7 Å². The van der Waals surface area contributed by atoms with Crippen molar-refractivity contribution in [2.24, 2.45) is 3.21 Å². The van der Waals surface area contributed by atoms with E-state index in [-0.39, 0.29) is 31.8 Å². The molecule has 7 nitrogen and oxygen atoms in total. The maximum absolute atomic E-state index is 13.0. The summed E-state index contributed by atoms with van der Waals surface area (Å²) in [7, 11) is -3.86. The van der Waals surface area contributed by atoms with Crippen molar-refractivity contribution in [3.63, 3.8) is 0 Å². The molecule has 0 spiro atoms. The van der Waals surface area contributed by atoms with Crippen LogP contribution in [0, 0.1) is 13.8 Å². The maximum Gasteiger partial charge on any atom is 0.264 e. The van der Waals surface area contributed by atoms with E-state index in [1.807, 2.05) is 24.3 Å². The van der Waals surface area contributed by atoms with Crippen LogP contribution >= 0.6 is 21.0 Å². The van der Waals surface area contributed by atoms with Gasteiger partial charge in [0.05, 0.1) is 31.6 Å². The third kappa shape index (κ3) is 3.59. The quantitative estimate of drug-likeness (QED) is 0.521. The maximum atomic E-state index is 13.0. The second kappa shape index (κ2) is 7.47. The first-order valence-corrected chi connectivity index (χ1v) is 12.0. The zero-order chi connectivity index (χ0) is 19.7. The van der Waals surface area contributed by atoms with Gasteiger partial charge in [-0.1, -0.05) is 35.5 Å². The van der Waals surface area contributed by atoms with Crippen molar-refractivity contribution in [2.75, 3.05) is 4.72 Å². The number of halogens is 1. The highest BCUT2D eigenvalue weighted by Crippen LogP contribution is 2.30. The van der Waals surface area contributed by atoms with Crippen molar-refractivity contribution in [1.82, 2.24) is 5.16 Å². The molecule has 1 aromatic heterocycles. The summed E-state index contributed by atoms with van der Waals surface area (Å²) in [6, 6.07) is 14.3. The summed E-state index contributed by atoms with van der Waals surface area (Å²) in [5, 5.41) is 3.80. The van der Waals surface area contributed by atoms with Crippen LogP contribution in [0.15, 0.2) is 61.2 Å². The molecule has 0 fully saturated rings. The Morgan fingerprint density at radius 2 is 1.71 bits per heavy atom. The van der Waals surface area contributed by atoms with Gasteiger partial charge in [0.15, 0.2) is 0 Å². The summed E-state index contributed by atoms with van der Waals surface area (Å²) in [4.78, 5) is 0.157. The van der Waals surface area contributed by atoms with E-state index >= 15 is 0 Å². The highest BCUT2D eigenvalue weighted by molar-refractivity contribution is 14.2. The van der Waals surface area contributed by atoms with E-state index in [0.717, 1.165) is 11.1 Å². The molecule has 144 valence electrons. The number of ether oxygens (including phenoxy) is 1. The van der Waals surface area contributed by atoms with E-state index in [1.165, 1.54) is 0 Å². The lowest BCUT2D eigenvalue weighted by Crippen LogP contribution is -2.14. The second-order valence-corrected chi connectivity index (χ2v) is 9.29. The molecule has 2 aromatic carbocycles. The lowest BCUT2D eigenvalue weighted by molar-refractivity contribution is 0.430.